The van der Waals surface area contributed by atoms with Crippen molar-refractivity contribution in [3.8, 4) is 6.07 Å². The van der Waals surface area contributed by atoms with Gasteiger partial charge < -0.3 is 5.32 Å². The van der Waals surface area contributed by atoms with E-state index in [9.17, 15) is 19.6 Å². The fourth-order valence-corrected chi connectivity index (χ4v) is 10.2. The lowest BCUT2D eigenvalue weighted by Crippen LogP contribution is -2.69. The summed E-state index contributed by atoms with van der Waals surface area (Å²) in [7, 11) is 0. The van der Waals surface area contributed by atoms with Crippen molar-refractivity contribution in [1.82, 2.24) is 5.32 Å². The topological polar surface area (TPSA) is 87.0 Å². The van der Waals surface area contributed by atoms with Gasteiger partial charge in [-0.15, -0.1) is 0 Å². The first kappa shape index (κ1) is 27.4. The van der Waals surface area contributed by atoms with Crippen molar-refractivity contribution in [2.75, 3.05) is 0 Å². The molecule has 0 bridgehead atoms. The predicted octanol–water partition coefficient (Wildman–Crippen LogP) is 6.48. The highest BCUT2D eigenvalue weighted by molar-refractivity contribution is 6.04. The summed E-state index contributed by atoms with van der Waals surface area (Å²) >= 11 is 0. The average Bonchev–Trinajstić information content (AvgIpc) is 2.83. The SMILES string of the molecule is CCC(=O)N[C@@]12CCC(C)(C)C[C@H]1[C@H]1C(=O)C=C3[C@]4(C)C=C(C#N)C(=O)C(C)(C)[C@@H]4CC[C@]3(C)[C@]1(C)CC2. The fourth-order valence-electron chi connectivity index (χ4n) is 10.2. The molecule has 5 aliphatic carbocycles. The number of carbonyl (C=O) groups is 3. The van der Waals surface area contributed by atoms with E-state index in [0.29, 0.717) is 6.42 Å². The molecule has 0 aromatic heterocycles. The quantitative estimate of drug-likeness (QED) is 0.453. The van der Waals surface area contributed by atoms with E-state index in [1.165, 1.54) is 0 Å². The smallest absolute Gasteiger partial charge is 0.220 e. The normalized spacial score (nSPS) is 44.8. The van der Waals surface area contributed by atoms with E-state index in [1.54, 1.807) is 0 Å². The predicted molar refractivity (Wildman–Crippen MR) is 148 cm³/mol. The number of Topliss-reactive ketones (excluding diaryl/α,β-unsaturated/α-hetero) is 1. The number of nitriles is 1. The number of hydrogen-bond donors (Lipinski definition) is 1. The van der Waals surface area contributed by atoms with Crippen LogP contribution in [0.25, 0.3) is 0 Å². The number of hydrogen-bond acceptors (Lipinski definition) is 4. The van der Waals surface area contributed by atoms with Crippen LogP contribution in [-0.4, -0.2) is 23.0 Å². The Labute approximate surface area is 228 Å². The highest BCUT2D eigenvalue weighted by atomic mass is 16.2. The highest BCUT2D eigenvalue weighted by Gasteiger charge is 2.70. The Balaban J connectivity index is 1.68. The first-order chi connectivity index (χ1) is 17.5. The Morgan fingerprint density at radius 2 is 1.68 bits per heavy atom. The van der Waals surface area contributed by atoms with E-state index in [4.69, 9.17) is 0 Å². The zero-order valence-corrected chi connectivity index (χ0v) is 24.7. The molecule has 0 heterocycles. The zero-order chi connectivity index (χ0) is 28.1. The molecular formula is C33H46N2O3. The Morgan fingerprint density at radius 3 is 2.32 bits per heavy atom. The first-order valence-corrected chi connectivity index (χ1v) is 14.8. The standard InChI is InChI=1S/C33H46N2O3/c1-9-25(37)35-33-14-12-28(2,3)18-21(33)26-22(36)16-24-30(6)17-20(19-34)27(38)29(4,5)23(30)10-11-31(24,7)32(26,8)13-15-33/h16-17,21,23,26H,9-15,18H2,1-8H3,(H,35,37)/t21-,23-,26-,30+,31-,32+,33+/m0/s1. The molecule has 5 nitrogen and oxygen atoms in total. The second kappa shape index (κ2) is 8.15. The lowest BCUT2D eigenvalue weighted by atomic mass is 9.35. The number of allylic oxidation sites excluding steroid dienone is 4. The van der Waals surface area contributed by atoms with Crippen LogP contribution in [0.15, 0.2) is 23.3 Å². The number of nitrogens with one attached hydrogen (secondary N) is 1. The molecule has 5 heteroatoms. The van der Waals surface area contributed by atoms with Crippen LogP contribution < -0.4 is 5.32 Å². The number of ketones is 2. The van der Waals surface area contributed by atoms with Gasteiger partial charge in [-0.1, -0.05) is 67.0 Å². The van der Waals surface area contributed by atoms with Crippen LogP contribution in [0, 0.1) is 56.2 Å². The lowest BCUT2D eigenvalue weighted by molar-refractivity contribution is -0.164. The summed E-state index contributed by atoms with van der Waals surface area (Å²) in [5, 5.41) is 13.4. The first-order valence-electron chi connectivity index (χ1n) is 14.8. The summed E-state index contributed by atoms with van der Waals surface area (Å²) < 4.78 is 0. The largest absolute Gasteiger partial charge is 0.350 e. The molecule has 0 unspecified atom stereocenters. The van der Waals surface area contributed by atoms with Crippen LogP contribution in [0.4, 0.5) is 0 Å². The molecule has 1 N–H and O–H groups in total. The van der Waals surface area contributed by atoms with Gasteiger partial charge in [0.05, 0.1) is 5.57 Å². The van der Waals surface area contributed by atoms with Gasteiger partial charge in [0, 0.05) is 28.7 Å². The van der Waals surface area contributed by atoms with Crippen molar-refractivity contribution in [2.24, 2.45) is 44.8 Å². The maximum absolute atomic E-state index is 14.4. The molecule has 1 amide bonds. The molecule has 3 fully saturated rings. The molecular weight excluding hydrogens is 472 g/mol. The van der Waals surface area contributed by atoms with E-state index in [2.05, 4.69) is 46.0 Å². The summed E-state index contributed by atoms with van der Waals surface area (Å²) in [5.41, 5.74) is -0.502. The van der Waals surface area contributed by atoms with Crippen molar-refractivity contribution in [3.05, 3.63) is 23.3 Å². The molecule has 38 heavy (non-hydrogen) atoms. The van der Waals surface area contributed by atoms with Crippen molar-refractivity contribution >= 4 is 17.5 Å². The van der Waals surface area contributed by atoms with Gasteiger partial charge >= 0.3 is 0 Å². The second-order valence-corrected chi connectivity index (χ2v) is 15.3. The van der Waals surface area contributed by atoms with Crippen molar-refractivity contribution in [1.29, 1.82) is 5.26 Å². The third kappa shape index (κ3) is 3.37. The van der Waals surface area contributed by atoms with E-state index >= 15 is 0 Å². The van der Waals surface area contributed by atoms with Gasteiger partial charge in [0.1, 0.15) is 6.07 Å². The minimum atomic E-state index is -0.656. The molecule has 3 saturated carbocycles. The van der Waals surface area contributed by atoms with Gasteiger partial charge in [0.15, 0.2) is 11.6 Å². The van der Waals surface area contributed by atoms with Gasteiger partial charge in [-0.05, 0) is 79.1 Å². The van der Waals surface area contributed by atoms with E-state index in [1.807, 2.05) is 32.9 Å². The van der Waals surface area contributed by atoms with Gasteiger partial charge in [-0.3, -0.25) is 14.4 Å². The summed E-state index contributed by atoms with van der Waals surface area (Å²) in [5.74, 6) is 0.187. The zero-order valence-electron chi connectivity index (χ0n) is 24.7. The third-order valence-electron chi connectivity index (χ3n) is 12.6. The minimum absolute atomic E-state index is 0.0482. The molecule has 0 aromatic rings. The van der Waals surface area contributed by atoms with Gasteiger partial charge in [-0.25, -0.2) is 0 Å². The average molecular weight is 519 g/mol. The number of amides is 1. The number of fused-ring (bicyclic) bond motifs is 7. The van der Waals surface area contributed by atoms with E-state index < -0.39 is 10.8 Å². The van der Waals surface area contributed by atoms with Crippen LogP contribution in [0.3, 0.4) is 0 Å². The molecule has 0 saturated heterocycles. The summed E-state index contributed by atoms with van der Waals surface area (Å²) in [6.45, 7) is 17.3. The maximum atomic E-state index is 14.4. The monoisotopic (exact) mass is 518 g/mol. The summed E-state index contributed by atoms with van der Waals surface area (Å²) in [6.07, 6.45) is 10.8. The highest BCUT2D eigenvalue weighted by Crippen LogP contribution is 2.73. The molecule has 0 aromatic carbocycles. The molecule has 0 aliphatic heterocycles. The minimum Gasteiger partial charge on any atom is -0.350 e. The molecule has 0 spiro atoms. The van der Waals surface area contributed by atoms with E-state index in [0.717, 1.165) is 50.5 Å². The van der Waals surface area contributed by atoms with Gasteiger partial charge in [0.2, 0.25) is 5.91 Å². The number of carbonyl (C=O) groups excluding carboxylic acids is 3. The van der Waals surface area contributed by atoms with Crippen molar-refractivity contribution < 1.29 is 14.4 Å². The third-order valence-corrected chi connectivity index (χ3v) is 12.6. The molecule has 7 atom stereocenters. The number of rotatable bonds is 2. The van der Waals surface area contributed by atoms with Gasteiger partial charge in [-0.2, -0.15) is 5.26 Å². The van der Waals surface area contributed by atoms with Crippen LogP contribution in [0.2, 0.25) is 0 Å². The Bertz CT molecular complexity index is 1220. The van der Waals surface area contributed by atoms with Crippen LogP contribution in [0.1, 0.15) is 107 Å². The Morgan fingerprint density at radius 1 is 1.03 bits per heavy atom. The molecule has 206 valence electrons. The molecule has 5 rings (SSSR count). The number of nitrogens with zero attached hydrogens (tertiary/aromatic N) is 1. The Hall–Kier alpha value is -2.22. The molecule has 5 aliphatic rings. The second-order valence-electron chi connectivity index (χ2n) is 15.3. The molecule has 0 radical (unpaired) electrons. The van der Waals surface area contributed by atoms with E-state index in [-0.39, 0.29) is 62.6 Å². The van der Waals surface area contributed by atoms with Crippen LogP contribution in [-0.2, 0) is 14.4 Å². The summed E-state index contributed by atoms with van der Waals surface area (Å²) in [4.78, 5) is 40.5. The summed E-state index contributed by atoms with van der Waals surface area (Å²) in [6, 6.07) is 2.19. The van der Waals surface area contributed by atoms with Crippen LogP contribution in [0.5, 0.6) is 0 Å². The fraction of sp³-hybridized carbons (Fsp3) is 0.758. The van der Waals surface area contributed by atoms with Crippen LogP contribution >= 0.6 is 0 Å². The maximum Gasteiger partial charge on any atom is 0.220 e. The lowest BCUT2D eigenvalue weighted by Gasteiger charge is -2.69. The van der Waals surface area contributed by atoms with Crippen molar-refractivity contribution in [3.63, 3.8) is 0 Å². The van der Waals surface area contributed by atoms with Gasteiger partial charge in [0.25, 0.3) is 0 Å². The Kier molecular flexibility index (Phi) is 5.87. The van der Waals surface area contributed by atoms with Crippen molar-refractivity contribution in [2.45, 2.75) is 112 Å².